The first-order chi connectivity index (χ1) is 10.7. The normalized spacial score (nSPS) is 27.0. The summed E-state index contributed by atoms with van der Waals surface area (Å²) in [6.45, 7) is 3.16. The highest BCUT2D eigenvalue weighted by atomic mass is 35.5. The average molecular weight is 325 g/mol. The molecule has 0 aromatic carbocycles. The fourth-order valence-electron chi connectivity index (χ4n) is 3.48. The van der Waals surface area contributed by atoms with E-state index >= 15 is 0 Å². The van der Waals surface area contributed by atoms with E-state index in [1.54, 1.807) is 6.20 Å². The number of carbonyl (C=O) groups excluding carboxylic acids is 1. The van der Waals surface area contributed by atoms with Gasteiger partial charge in [-0.25, -0.2) is 0 Å². The molecule has 2 atom stereocenters. The molecular weight excluding hydrogens is 304 g/mol. The van der Waals surface area contributed by atoms with Crippen molar-refractivity contribution in [3.63, 3.8) is 0 Å². The van der Waals surface area contributed by atoms with Crippen LogP contribution in [0.3, 0.4) is 0 Å². The van der Waals surface area contributed by atoms with E-state index in [4.69, 9.17) is 21.1 Å². The second-order valence-corrected chi connectivity index (χ2v) is 6.37. The lowest BCUT2D eigenvalue weighted by molar-refractivity contribution is -0.145. The first-order valence-corrected chi connectivity index (χ1v) is 8.08. The van der Waals surface area contributed by atoms with Crippen LogP contribution in [0, 0.1) is 5.92 Å². The molecule has 1 aromatic heterocycles. The highest BCUT2D eigenvalue weighted by Gasteiger charge is 2.42. The van der Waals surface area contributed by atoms with Crippen LogP contribution in [-0.4, -0.2) is 55.3 Å². The highest BCUT2D eigenvalue weighted by Crippen LogP contribution is 2.35. The Labute approximate surface area is 135 Å². The Morgan fingerprint density at radius 1 is 1.36 bits per heavy atom. The zero-order valence-corrected chi connectivity index (χ0v) is 13.5. The molecule has 3 rings (SSSR count). The first kappa shape index (κ1) is 15.7. The van der Waals surface area contributed by atoms with E-state index in [-0.39, 0.29) is 17.8 Å². The van der Waals surface area contributed by atoms with Crippen LogP contribution in [0.5, 0.6) is 0 Å². The van der Waals surface area contributed by atoms with Crippen molar-refractivity contribution in [2.75, 3.05) is 33.4 Å². The molecule has 0 spiro atoms. The Morgan fingerprint density at radius 3 is 2.77 bits per heavy atom. The van der Waals surface area contributed by atoms with Crippen molar-refractivity contribution in [3.05, 3.63) is 29.0 Å². The zero-order valence-electron chi connectivity index (χ0n) is 12.7. The van der Waals surface area contributed by atoms with E-state index in [0.29, 0.717) is 11.1 Å². The minimum absolute atomic E-state index is 0.0626. The second kappa shape index (κ2) is 6.94. The predicted molar refractivity (Wildman–Crippen MR) is 82.9 cm³/mol. The zero-order chi connectivity index (χ0) is 15.5. The number of carbonyl (C=O) groups is 1. The van der Waals surface area contributed by atoms with Crippen molar-refractivity contribution < 1.29 is 14.3 Å². The van der Waals surface area contributed by atoms with Crippen molar-refractivity contribution >= 4 is 17.6 Å². The van der Waals surface area contributed by atoms with E-state index in [2.05, 4.69) is 9.88 Å². The summed E-state index contributed by atoms with van der Waals surface area (Å²) in [7, 11) is 1.45. The summed E-state index contributed by atoms with van der Waals surface area (Å²) in [5.41, 5.74) is 0.911. The van der Waals surface area contributed by atoms with Gasteiger partial charge >= 0.3 is 5.97 Å². The summed E-state index contributed by atoms with van der Waals surface area (Å²) >= 11 is 5.92. The number of hydrogen-bond donors (Lipinski definition) is 0. The van der Waals surface area contributed by atoms with Gasteiger partial charge in [-0.3, -0.25) is 14.7 Å². The van der Waals surface area contributed by atoms with Gasteiger partial charge in [0, 0.05) is 50.2 Å². The molecule has 2 saturated heterocycles. The van der Waals surface area contributed by atoms with Crippen molar-refractivity contribution in [1.82, 2.24) is 9.88 Å². The second-order valence-electron chi connectivity index (χ2n) is 5.93. The molecule has 6 heteroatoms. The molecule has 120 valence electrons. The fraction of sp³-hybridized carbons (Fsp3) is 0.625. The maximum absolute atomic E-state index is 12.2. The molecule has 1 aromatic rings. The van der Waals surface area contributed by atoms with Gasteiger partial charge in [0.25, 0.3) is 0 Å². The van der Waals surface area contributed by atoms with Gasteiger partial charge in [0.05, 0.1) is 18.1 Å². The van der Waals surface area contributed by atoms with E-state index < -0.39 is 0 Å². The summed E-state index contributed by atoms with van der Waals surface area (Å²) in [6.07, 6.45) is 3.69. The maximum Gasteiger partial charge on any atom is 0.310 e. The number of halogens is 1. The van der Waals surface area contributed by atoms with Gasteiger partial charge in [-0.1, -0.05) is 11.6 Å². The van der Waals surface area contributed by atoms with Crippen molar-refractivity contribution in [2.24, 2.45) is 5.92 Å². The Hall–Kier alpha value is -1.17. The third kappa shape index (κ3) is 3.26. The smallest absolute Gasteiger partial charge is 0.310 e. The molecule has 0 saturated carbocycles. The van der Waals surface area contributed by atoms with Crippen LogP contribution in [-0.2, 0) is 14.3 Å². The van der Waals surface area contributed by atoms with Crippen LogP contribution in [0.25, 0.3) is 0 Å². The van der Waals surface area contributed by atoms with Gasteiger partial charge in [-0.2, -0.15) is 0 Å². The van der Waals surface area contributed by atoms with Crippen LogP contribution < -0.4 is 0 Å². The summed E-state index contributed by atoms with van der Waals surface area (Å²) in [6, 6.07) is 4.23. The van der Waals surface area contributed by atoms with Gasteiger partial charge < -0.3 is 9.47 Å². The molecule has 5 nitrogen and oxygen atoms in total. The molecule has 22 heavy (non-hydrogen) atoms. The van der Waals surface area contributed by atoms with Crippen LogP contribution in [0.4, 0.5) is 0 Å². The van der Waals surface area contributed by atoms with Crippen LogP contribution in [0.2, 0.25) is 5.02 Å². The van der Waals surface area contributed by atoms with Gasteiger partial charge in [0.1, 0.15) is 0 Å². The molecule has 0 N–H and O–H groups in total. The molecule has 2 aliphatic heterocycles. The lowest BCUT2D eigenvalue weighted by Crippen LogP contribution is -2.38. The number of likely N-dealkylation sites (tertiary alicyclic amines) is 1. The molecule has 2 fully saturated rings. The number of pyridine rings is 1. The Morgan fingerprint density at radius 2 is 2.14 bits per heavy atom. The first-order valence-electron chi connectivity index (χ1n) is 7.70. The van der Waals surface area contributed by atoms with E-state index in [9.17, 15) is 4.79 Å². The third-order valence-electron chi connectivity index (χ3n) is 4.69. The summed E-state index contributed by atoms with van der Waals surface area (Å²) < 4.78 is 10.4. The Bertz CT molecular complexity index is 517. The Balaban J connectivity index is 1.79. The number of nitrogens with zero attached hydrogens (tertiary/aromatic N) is 2. The highest BCUT2D eigenvalue weighted by molar-refractivity contribution is 6.30. The van der Waals surface area contributed by atoms with Gasteiger partial charge in [0.15, 0.2) is 0 Å². The number of methoxy groups -OCH3 is 1. The summed E-state index contributed by atoms with van der Waals surface area (Å²) in [5, 5.41) is 0.609. The maximum atomic E-state index is 12.2. The topological polar surface area (TPSA) is 51.7 Å². The Kier molecular flexibility index (Phi) is 4.96. The molecule has 2 aliphatic rings. The van der Waals surface area contributed by atoms with Crippen LogP contribution in [0.1, 0.15) is 24.5 Å². The van der Waals surface area contributed by atoms with Crippen molar-refractivity contribution in [2.45, 2.75) is 24.8 Å². The van der Waals surface area contributed by atoms with E-state index in [0.717, 1.165) is 44.8 Å². The standard InChI is InChI=1S/C16H21ClN2O3/c1-21-16(20)14-10-19(12-4-6-22-7-5-12)9-13(14)15-3-2-11(17)8-18-15/h2-3,8,12-14H,4-7,9-10H2,1H3/t13-,14-/m1/s1. The largest absolute Gasteiger partial charge is 0.469 e. The number of aromatic nitrogens is 1. The molecule has 0 radical (unpaired) electrons. The molecular formula is C16H21ClN2O3. The monoisotopic (exact) mass is 324 g/mol. The van der Waals surface area contributed by atoms with Crippen molar-refractivity contribution in [3.8, 4) is 0 Å². The minimum Gasteiger partial charge on any atom is -0.469 e. The molecule has 3 heterocycles. The lowest BCUT2D eigenvalue weighted by Gasteiger charge is -2.31. The predicted octanol–water partition coefficient (Wildman–Crippen LogP) is 2.10. The van der Waals surface area contributed by atoms with Crippen molar-refractivity contribution in [1.29, 1.82) is 0 Å². The van der Waals surface area contributed by atoms with Gasteiger partial charge in [-0.05, 0) is 25.0 Å². The van der Waals surface area contributed by atoms with Gasteiger partial charge in [-0.15, -0.1) is 0 Å². The quantitative estimate of drug-likeness (QED) is 0.797. The summed E-state index contributed by atoms with van der Waals surface area (Å²) in [5.74, 6) is -0.259. The van der Waals surface area contributed by atoms with Gasteiger partial charge in [0.2, 0.25) is 0 Å². The minimum atomic E-state index is -0.165. The van der Waals surface area contributed by atoms with Crippen LogP contribution >= 0.6 is 11.6 Å². The number of rotatable bonds is 3. The summed E-state index contributed by atoms with van der Waals surface area (Å²) in [4.78, 5) is 19.0. The molecule has 0 aliphatic carbocycles. The number of esters is 1. The number of ether oxygens (including phenoxy) is 2. The SMILES string of the molecule is COC(=O)[C@@H]1CN(C2CCOCC2)C[C@H]1c1ccc(Cl)cn1. The fourth-order valence-corrected chi connectivity index (χ4v) is 3.59. The van der Waals surface area contributed by atoms with Crippen LogP contribution in [0.15, 0.2) is 18.3 Å². The van der Waals surface area contributed by atoms with E-state index in [1.165, 1.54) is 7.11 Å². The molecule has 0 bridgehead atoms. The third-order valence-corrected chi connectivity index (χ3v) is 4.91. The average Bonchev–Trinajstić information content (AvgIpc) is 3.01. The lowest BCUT2D eigenvalue weighted by atomic mass is 9.92. The molecule has 0 unspecified atom stereocenters. The molecule has 0 amide bonds. The van der Waals surface area contributed by atoms with E-state index in [1.807, 2.05) is 12.1 Å². The number of hydrogen-bond acceptors (Lipinski definition) is 5.